The van der Waals surface area contributed by atoms with Crippen molar-refractivity contribution in [3.8, 4) is 0 Å². The van der Waals surface area contributed by atoms with Gasteiger partial charge in [0.1, 0.15) is 5.54 Å². The van der Waals surface area contributed by atoms with Gasteiger partial charge in [-0.2, -0.15) is 16.9 Å². The molecule has 0 radical (unpaired) electrons. The quantitative estimate of drug-likeness (QED) is 0.880. The van der Waals surface area contributed by atoms with E-state index in [1.807, 2.05) is 10.7 Å². The molecule has 0 bridgehead atoms. The Hall–Kier alpha value is -1.50. The molecule has 1 saturated heterocycles. The Labute approximate surface area is 140 Å². The molecular formula is C16H23N3O3S. The molecule has 0 spiro atoms. The molecule has 1 amide bonds. The first-order valence-corrected chi connectivity index (χ1v) is 9.12. The molecular weight excluding hydrogens is 314 g/mol. The lowest BCUT2D eigenvalue weighted by atomic mass is 9.99. The van der Waals surface area contributed by atoms with Gasteiger partial charge in [0.2, 0.25) is 0 Å². The molecule has 23 heavy (non-hydrogen) atoms. The van der Waals surface area contributed by atoms with Gasteiger partial charge in [0.25, 0.3) is 5.91 Å². The summed E-state index contributed by atoms with van der Waals surface area (Å²) in [5.41, 5.74) is 0.0316. The minimum atomic E-state index is -1.16. The SMILES string of the molecule is CC(C)(C)n1nc(C(=O)NC2(C(=O)O)CCSC2)cc1C1CC1. The van der Waals surface area contributed by atoms with Crippen LogP contribution in [0.2, 0.25) is 0 Å². The van der Waals surface area contributed by atoms with E-state index in [2.05, 4.69) is 31.2 Å². The van der Waals surface area contributed by atoms with Crippen LogP contribution in [-0.2, 0) is 10.3 Å². The number of nitrogens with zero attached hydrogens (tertiary/aromatic N) is 2. The number of carboxylic acids is 1. The Morgan fingerprint density at radius 1 is 1.43 bits per heavy atom. The summed E-state index contributed by atoms with van der Waals surface area (Å²) < 4.78 is 1.91. The Balaban J connectivity index is 1.86. The van der Waals surface area contributed by atoms with Crippen molar-refractivity contribution in [2.45, 2.75) is 57.0 Å². The predicted octanol–water partition coefficient (Wildman–Crippen LogP) is 2.21. The molecule has 0 aromatic carbocycles. The van der Waals surface area contributed by atoms with E-state index in [0.29, 0.717) is 23.8 Å². The van der Waals surface area contributed by atoms with E-state index in [4.69, 9.17) is 0 Å². The molecule has 1 aliphatic carbocycles. The minimum absolute atomic E-state index is 0.204. The van der Waals surface area contributed by atoms with Gasteiger partial charge in [-0.15, -0.1) is 0 Å². The van der Waals surface area contributed by atoms with Gasteiger partial charge in [-0.3, -0.25) is 9.48 Å². The molecule has 126 valence electrons. The number of nitrogens with one attached hydrogen (secondary N) is 1. The first-order chi connectivity index (χ1) is 10.7. The van der Waals surface area contributed by atoms with Gasteiger partial charge in [0, 0.05) is 17.4 Å². The molecule has 1 aliphatic heterocycles. The lowest BCUT2D eigenvalue weighted by molar-refractivity contribution is -0.143. The molecule has 1 aromatic heterocycles. The summed E-state index contributed by atoms with van der Waals surface area (Å²) in [4.78, 5) is 24.2. The number of thioether (sulfide) groups is 1. The summed E-state index contributed by atoms with van der Waals surface area (Å²) in [6.45, 7) is 6.17. The van der Waals surface area contributed by atoms with Crippen molar-refractivity contribution in [1.29, 1.82) is 0 Å². The molecule has 1 unspecified atom stereocenters. The Morgan fingerprint density at radius 2 is 2.13 bits per heavy atom. The number of aromatic nitrogens is 2. The van der Waals surface area contributed by atoms with E-state index in [1.165, 1.54) is 0 Å². The van der Waals surface area contributed by atoms with Crippen LogP contribution in [-0.4, -0.2) is 43.8 Å². The summed E-state index contributed by atoms with van der Waals surface area (Å²) in [6, 6.07) is 1.83. The summed E-state index contributed by atoms with van der Waals surface area (Å²) in [6.07, 6.45) is 2.70. The maximum atomic E-state index is 12.6. The number of carbonyl (C=O) groups excluding carboxylic acids is 1. The minimum Gasteiger partial charge on any atom is -0.479 e. The number of carboxylic acid groups (broad SMARTS) is 1. The monoisotopic (exact) mass is 337 g/mol. The third-order valence-electron chi connectivity index (χ3n) is 4.38. The van der Waals surface area contributed by atoms with E-state index in [1.54, 1.807) is 11.8 Å². The average molecular weight is 337 g/mol. The molecule has 2 fully saturated rings. The highest BCUT2D eigenvalue weighted by Gasteiger charge is 2.44. The molecule has 1 atom stereocenters. The van der Waals surface area contributed by atoms with Gasteiger partial charge < -0.3 is 10.4 Å². The van der Waals surface area contributed by atoms with Crippen LogP contribution in [0.3, 0.4) is 0 Å². The fourth-order valence-electron chi connectivity index (χ4n) is 2.88. The van der Waals surface area contributed by atoms with E-state index >= 15 is 0 Å². The van der Waals surface area contributed by atoms with Crippen molar-refractivity contribution < 1.29 is 14.7 Å². The van der Waals surface area contributed by atoms with Crippen molar-refractivity contribution in [2.75, 3.05) is 11.5 Å². The maximum Gasteiger partial charge on any atom is 0.330 e. The normalized spacial score (nSPS) is 24.7. The zero-order valence-corrected chi connectivity index (χ0v) is 14.6. The molecule has 1 saturated carbocycles. The van der Waals surface area contributed by atoms with Crippen LogP contribution in [0.1, 0.15) is 62.1 Å². The molecule has 2 heterocycles. The van der Waals surface area contributed by atoms with E-state index in [-0.39, 0.29) is 11.4 Å². The highest BCUT2D eigenvalue weighted by molar-refractivity contribution is 7.99. The van der Waals surface area contributed by atoms with Crippen LogP contribution in [0.25, 0.3) is 0 Å². The predicted molar refractivity (Wildman–Crippen MR) is 89.0 cm³/mol. The van der Waals surface area contributed by atoms with Crippen molar-refractivity contribution in [2.24, 2.45) is 0 Å². The smallest absolute Gasteiger partial charge is 0.330 e. The molecule has 7 heteroatoms. The largest absolute Gasteiger partial charge is 0.479 e. The third kappa shape index (κ3) is 3.11. The number of aliphatic carboxylic acids is 1. The van der Waals surface area contributed by atoms with Crippen molar-refractivity contribution >= 4 is 23.6 Å². The van der Waals surface area contributed by atoms with Gasteiger partial charge in [-0.05, 0) is 51.9 Å². The zero-order valence-electron chi connectivity index (χ0n) is 13.8. The summed E-state index contributed by atoms with van der Waals surface area (Å²) >= 11 is 1.55. The van der Waals surface area contributed by atoms with Gasteiger partial charge in [-0.25, -0.2) is 4.79 Å². The molecule has 2 N–H and O–H groups in total. The van der Waals surface area contributed by atoms with E-state index in [0.717, 1.165) is 24.3 Å². The fourth-order valence-corrected chi connectivity index (χ4v) is 4.21. The number of carbonyl (C=O) groups is 2. The van der Waals surface area contributed by atoms with Crippen LogP contribution >= 0.6 is 11.8 Å². The van der Waals surface area contributed by atoms with Crippen molar-refractivity contribution in [3.05, 3.63) is 17.5 Å². The van der Waals surface area contributed by atoms with Gasteiger partial charge in [-0.1, -0.05) is 0 Å². The average Bonchev–Trinajstić information content (AvgIpc) is 3.01. The second-order valence-corrected chi connectivity index (χ2v) is 8.56. The van der Waals surface area contributed by atoms with Crippen LogP contribution < -0.4 is 5.32 Å². The van der Waals surface area contributed by atoms with Gasteiger partial charge in [0.15, 0.2) is 5.69 Å². The van der Waals surface area contributed by atoms with Gasteiger partial charge in [0.05, 0.1) is 5.54 Å². The van der Waals surface area contributed by atoms with Crippen LogP contribution in [0.5, 0.6) is 0 Å². The Morgan fingerprint density at radius 3 is 2.61 bits per heavy atom. The fraction of sp³-hybridized carbons (Fsp3) is 0.688. The maximum absolute atomic E-state index is 12.6. The third-order valence-corrected chi connectivity index (χ3v) is 5.57. The van der Waals surface area contributed by atoms with Gasteiger partial charge >= 0.3 is 5.97 Å². The molecule has 6 nitrogen and oxygen atoms in total. The summed E-state index contributed by atoms with van der Waals surface area (Å²) in [5.74, 6) is 0.270. The standard InChI is InChI=1S/C16H23N3O3S/c1-15(2,3)19-12(10-4-5-10)8-11(18-19)13(20)17-16(14(21)22)6-7-23-9-16/h8,10H,4-7,9H2,1-3H3,(H,17,20)(H,21,22). The molecule has 3 rings (SSSR count). The van der Waals surface area contributed by atoms with E-state index < -0.39 is 11.5 Å². The highest BCUT2D eigenvalue weighted by Crippen LogP contribution is 2.41. The lowest BCUT2D eigenvalue weighted by Crippen LogP contribution is -2.54. The van der Waals surface area contributed by atoms with E-state index in [9.17, 15) is 14.7 Å². The second kappa shape index (κ2) is 5.54. The number of amides is 1. The topological polar surface area (TPSA) is 84.2 Å². The first-order valence-electron chi connectivity index (χ1n) is 7.97. The molecule has 2 aliphatic rings. The number of hydrogen-bond acceptors (Lipinski definition) is 4. The van der Waals surface area contributed by atoms with Crippen molar-refractivity contribution in [1.82, 2.24) is 15.1 Å². The Bertz CT molecular complexity index is 637. The summed E-state index contributed by atoms with van der Waals surface area (Å²) in [7, 11) is 0. The van der Waals surface area contributed by atoms with Crippen LogP contribution in [0.15, 0.2) is 6.07 Å². The Kier molecular flexibility index (Phi) is 3.94. The van der Waals surface area contributed by atoms with Crippen LogP contribution in [0.4, 0.5) is 0 Å². The highest BCUT2D eigenvalue weighted by atomic mass is 32.2. The van der Waals surface area contributed by atoms with Crippen LogP contribution in [0, 0.1) is 0 Å². The first kappa shape index (κ1) is 16.4. The zero-order chi connectivity index (χ0) is 16.8. The van der Waals surface area contributed by atoms with Crippen molar-refractivity contribution in [3.63, 3.8) is 0 Å². The number of hydrogen-bond donors (Lipinski definition) is 2. The summed E-state index contributed by atoms with van der Waals surface area (Å²) in [5, 5.41) is 16.7. The number of rotatable bonds is 4. The molecule has 1 aromatic rings. The lowest BCUT2D eigenvalue weighted by Gasteiger charge is -2.24. The second-order valence-electron chi connectivity index (χ2n) is 7.46.